The molecule has 0 aliphatic carbocycles. The van der Waals surface area contributed by atoms with Gasteiger partial charge in [0.2, 0.25) is 5.95 Å². The summed E-state index contributed by atoms with van der Waals surface area (Å²) >= 11 is 0. The van der Waals surface area contributed by atoms with Crippen molar-refractivity contribution in [3.63, 3.8) is 0 Å². The number of nitrogens with one attached hydrogen (secondary N) is 1. The van der Waals surface area contributed by atoms with Crippen molar-refractivity contribution in [1.29, 1.82) is 0 Å². The maximum Gasteiger partial charge on any atom is 0.225 e. The molecule has 1 aromatic heterocycles. The van der Waals surface area contributed by atoms with Gasteiger partial charge in [0.1, 0.15) is 0 Å². The fraction of sp³-hybridized carbons (Fsp3) is 0.733. The van der Waals surface area contributed by atoms with Gasteiger partial charge in [-0.25, -0.2) is 9.97 Å². The maximum absolute atomic E-state index is 5.82. The zero-order chi connectivity index (χ0) is 14.4. The first-order valence-corrected chi connectivity index (χ1v) is 7.66. The molecule has 20 heavy (non-hydrogen) atoms. The maximum atomic E-state index is 5.82. The largest absolute Gasteiger partial charge is 0.341 e. The van der Waals surface area contributed by atoms with Crippen molar-refractivity contribution in [2.24, 2.45) is 17.6 Å². The molecule has 0 spiro atoms. The van der Waals surface area contributed by atoms with Gasteiger partial charge < -0.3 is 16.0 Å². The zero-order valence-electron chi connectivity index (χ0n) is 12.6. The van der Waals surface area contributed by atoms with E-state index in [4.69, 9.17) is 5.73 Å². The first kappa shape index (κ1) is 15.2. The van der Waals surface area contributed by atoms with Crippen LogP contribution in [-0.2, 0) is 0 Å². The van der Waals surface area contributed by atoms with Gasteiger partial charge in [-0.3, -0.25) is 0 Å². The molecule has 2 rings (SSSR count). The molecule has 0 bridgehead atoms. The van der Waals surface area contributed by atoms with Crippen LogP contribution < -0.4 is 16.0 Å². The minimum Gasteiger partial charge on any atom is -0.341 e. The Morgan fingerprint density at radius 1 is 1.30 bits per heavy atom. The van der Waals surface area contributed by atoms with E-state index in [1.165, 1.54) is 0 Å². The Kier molecular flexibility index (Phi) is 5.73. The van der Waals surface area contributed by atoms with Crippen LogP contribution in [0.1, 0.15) is 26.7 Å². The number of nitrogens with zero attached hydrogens (tertiary/aromatic N) is 3. The molecule has 112 valence electrons. The molecule has 1 atom stereocenters. The smallest absolute Gasteiger partial charge is 0.225 e. The highest BCUT2D eigenvalue weighted by Gasteiger charge is 2.21. The normalized spacial score (nSPS) is 18.5. The van der Waals surface area contributed by atoms with Crippen molar-refractivity contribution in [3.05, 3.63) is 18.5 Å². The van der Waals surface area contributed by atoms with E-state index in [0.717, 1.165) is 45.0 Å². The van der Waals surface area contributed by atoms with E-state index < -0.39 is 0 Å². The van der Waals surface area contributed by atoms with Crippen LogP contribution in [0.5, 0.6) is 0 Å². The van der Waals surface area contributed by atoms with Crippen LogP contribution in [0.15, 0.2) is 18.5 Å². The predicted molar refractivity (Wildman–Crippen MR) is 82.7 cm³/mol. The molecule has 0 aromatic carbocycles. The van der Waals surface area contributed by atoms with Gasteiger partial charge in [0.05, 0.1) is 0 Å². The summed E-state index contributed by atoms with van der Waals surface area (Å²) in [6.07, 6.45) is 5.91. The van der Waals surface area contributed by atoms with E-state index in [0.29, 0.717) is 17.9 Å². The van der Waals surface area contributed by atoms with E-state index in [1.807, 2.05) is 6.07 Å². The molecule has 0 saturated carbocycles. The van der Waals surface area contributed by atoms with Gasteiger partial charge in [-0.15, -0.1) is 0 Å². The van der Waals surface area contributed by atoms with Gasteiger partial charge in [0.25, 0.3) is 0 Å². The number of nitrogens with two attached hydrogens (primary N) is 1. The second kappa shape index (κ2) is 7.55. The number of hydrogen-bond donors (Lipinski definition) is 2. The van der Waals surface area contributed by atoms with Crippen LogP contribution in [0.4, 0.5) is 5.95 Å². The molecular formula is C15H27N5. The molecular weight excluding hydrogens is 250 g/mol. The predicted octanol–water partition coefficient (Wildman–Crippen LogP) is 1.27. The lowest BCUT2D eigenvalue weighted by molar-refractivity contribution is 0.327. The Labute approximate surface area is 122 Å². The average Bonchev–Trinajstić information content (AvgIpc) is 2.49. The van der Waals surface area contributed by atoms with E-state index in [9.17, 15) is 0 Å². The fourth-order valence-corrected chi connectivity index (χ4v) is 2.65. The summed E-state index contributed by atoms with van der Waals surface area (Å²) < 4.78 is 0. The fourth-order valence-electron chi connectivity index (χ4n) is 2.65. The van der Waals surface area contributed by atoms with E-state index in [-0.39, 0.29) is 0 Å². The summed E-state index contributed by atoms with van der Waals surface area (Å²) in [5.74, 6) is 2.07. The third-order valence-corrected chi connectivity index (χ3v) is 4.24. The zero-order valence-corrected chi connectivity index (χ0v) is 12.6. The molecule has 0 radical (unpaired) electrons. The lowest BCUT2D eigenvalue weighted by Crippen LogP contribution is -2.45. The van der Waals surface area contributed by atoms with Crippen LogP contribution in [-0.4, -0.2) is 42.2 Å². The molecule has 0 amide bonds. The van der Waals surface area contributed by atoms with Crippen LogP contribution in [0.3, 0.4) is 0 Å². The lowest BCUT2D eigenvalue weighted by Gasteiger charge is -2.33. The Morgan fingerprint density at radius 3 is 2.50 bits per heavy atom. The third-order valence-electron chi connectivity index (χ3n) is 4.24. The molecule has 1 fully saturated rings. The highest BCUT2D eigenvalue weighted by atomic mass is 15.3. The van der Waals surface area contributed by atoms with Crippen molar-refractivity contribution >= 4 is 5.95 Å². The average molecular weight is 277 g/mol. The van der Waals surface area contributed by atoms with Crippen molar-refractivity contribution in [2.75, 3.05) is 31.1 Å². The van der Waals surface area contributed by atoms with Gasteiger partial charge >= 0.3 is 0 Å². The number of piperidine rings is 1. The van der Waals surface area contributed by atoms with Crippen molar-refractivity contribution in [1.82, 2.24) is 15.3 Å². The van der Waals surface area contributed by atoms with Crippen molar-refractivity contribution in [3.8, 4) is 0 Å². The number of anilines is 1. The summed E-state index contributed by atoms with van der Waals surface area (Å²) in [6.45, 7) is 8.33. The van der Waals surface area contributed by atoms with Crippen molar-refractivity contribution in [2.45, 2.75) is 32.7 Å². The summed E-state index contributed by atoms with van der Waals surface area (Å²) in [5.41, 5.74) is 5.82. The van der Waals surface area contributed by atoms with Crippen LogP contribution in [0, 0.1) is 11.8 Å². The van der Waals surface area contributed by atoms with Crippen molar-refractivity contribution < 1.29 is 0 Å². The first-order chi connectivity index (χ1) is 9.70. The highest BCUT2D eigenvalue weighted by Crippen LogP contribution is 2.16. The van der Waals surface area contributed by atoms with Crippen LogP contribution in [0.25, 0.3) is 0 Å². The van der Waals surface area contributed by atoms with E-state index in [1.54, 1.807) is 12.4 Å². The molecule has 2 heterocycles. The highest BCUT2D eigenvalue weighted by molar-refractivity contribution is 5.29. The van der Waals surface area contributed by atoms with Crippen LogP contribution in [0.2, 0.25) is 0 Å². The quantitative estimate of drug-likeness (QED) is 0.819. The minimum atomic E-state index is 0.575. The molecule has 1 saturated heterocycles. The second-order valence-electron chi connectivity index (χ2n) is 5.96. The van der Waals surface area contributed by atoms with E-state index in [2.05, 4.69) is 34.0 Å². The van der Waals surface area contributed by atoms with Crippen LogP contribution >= 0.6 is 0 Å². The second-order valence-corrected chi connectivity index (χ2v) is 5.96. The molecule has 1 unspecified atom stereocenters. The van der Waals surface area contributed by atoms with Gasteiger partial charge in [-0.05, 0) is 43.8 Å². The first-order valence-electron chi connectivity index (χ1n) is 7.66. The molecule has 3 N–H and O–H groups in total. The van der Waals surface area contributed by atoms with Gasteiger partial charge in [0.15, 0.2) is 0 Å². The number of hydrogen-bond acceptors (Lipinski definition) is 5. The summed E-state index contributed by atoms with van der Waals surface area (Å²) in [4.78, 5) is 10.9. The molecule has 1 aliphatic rings. The number of rotatable bonds is 6. The Balaban J connectivity index is 1.74. The van der Waals surface area contributed by atoms with Gasteiger partial charge in [-0.2, -0.15) is 0 Å². The van der Waals surface area contributed by atoms with E-state index >= 15 is 0 Å². The summed E-state index contributed by atoms with van der Waals surface area (Å²) in [5, 5.41) is 3.68. The molecule has 1 aliphatic heterocycles. The monoisotopic (exact) mass is 277 g/mol. The SMILES string of the molecule is CC(C)C(CN)CNC1CCN(c2ncccn2)CC1. The molecule has 5 nitrogen and oxygen atoms in total. The molecule has 1 aromatic rings. The minimum absolute atomic E-state index is 0.575. The molecule has 5 heteroatoms. The number of aromatic nitrogens is 2. The Morgan fingerprint density at radius 2 is 1.95 bits per heavy atom. The third kappa shape index (κ3) is 4.15. The summed E-state index contributed by atoms with van der Waals surface area (Å²) in [6, 6.07) is 2.46. The Bertz CT molecular complexity index is 373. The summed E-state index contributed by atoms with van der Waals surface area (Å²) in [7, 11) is 0. The lowest BCUT2D eigenvalue weighted by atomic mass is 9.95. The van der Waals surface area contributed by atoms with Gasteiger partial charge in [0, 0.05) is 31.5 Å². The standard InChI is InChI=1S/C15H27N5/c1-12(2)13(10-16)11-19-14-4-8-20(9-5-14)15-17-6-3-7-18-15/h3,6-7,12-14,19H,4-5,8-11,16H2,1-2H3. The van der Waals surface area contributed by atoms with Gasteiger partial charge in [-0.1, -0.05) is 13.8 Å². The topological polar surface area (TPSA) is 67.1 Å². The Hall–Kier alpha value is -1.20.